The second kappa shape index (κ2) is 7.65. The van der Waals surface area contributed by atoms with E-state index >= 15 is 0 Å². The van der Waals surface area contributed by atoms with Gasteiger partial charge in [0.05, 0.1) is 17.6 Å². The number of para-hydroxylation sites is 1. The molecule has 0 radical (unpaired) electrons. The molecule has 0 aliphatic rings. The van der Waals surface area contributed by atoms with Crippen LogP contribution in [0.5, 0.6) is 0 Å². The lowest BCUT2D eigenvalue weighted by molar-refractivity contribution is 0.0949. The van der Waals surface area contributed by atoms with Gasteiger partial charge in [0.1, 0.15) is 0 Å². The Bertz CT molecular complexity index is 1010. The second-order valence-corrected chi connectivity index (χ2v) is 6.01. The molecule has 4 rings (SSSR count). The molecule has 2 heterocycles. The lowest BCUT2D eigenvalue weighted by atomic mass is 10.1. The first-order chi connectivity index (χ1) is 13.3. The molecule has 1 amide bonds. The van der Waals surface area contributed by atoms with E-state index in [4.69, 9.17) is 0 Å². The van der Waals surface area contributed by atoms with Crippen LogP contribution in [-0.4, -0.2) is 37.2 Å². The average Bonchev–Trinajstić information content (AvgIpc) is 3.41. The maximum atomic E-state index is 12.3. The predicted octanol–water partition coefficient (Wildman–Crippen LogP) is 2.43. The molecular formula is C20H18N6O. The summed E-state index contributed by atoms with van der Waals surface area (Å²) in [4.78, 5) is 12.3. The van der Waals surface area contributed by atoms with Gasteiger partial charge >= 0.3 is 0 Å². The molecule has 2 aromatic heterocycles. The molecule has 0 atom stereocenters. The van der Waals surface area contributed by atoms with Crippen molar-refractivity contribution in [2.45, 2.75) is 6.42 Å². The Morgan fingerprint density at radius 1 is 0.926 bits per heavy atom. The Morgan fingerprint density at radius 2 is 1.70 bits per heavy atom. The summed E-state index contributed by atoms with van der Waals surface area (Å²) in [5.74, 6) is -0.231. The fourth-order valence-electron chi connectivity index (χ4n) is 2.72. The van der Waals surface area contributed by atoms with Crippen LogP contribution in [-0.2, 0) is 6.42 Å². The van der Waals surface area contributed by atoms with Gasteiger partial charge in [-0.2, -0.15) is 5.10 Å². The van der Waals surface area contributed by atoms with Crippen LogP contribution in [0, 0.1) is 0 Å². The van der Waals surface area contributed by atoms with E-state index in [-0.39, 0.29) is 5.91 Å². The topological polar surface area (TPSA) is 77.6 Å². The van der Waals surface area contributed by atoms with Crippen molar-refractivity contribution in [3.05, 3.63) is 90.5 Å². The van der Waals surface area contributed by atoms with Crippen LogP contribution >= 0.6 is 0 Å². The molecule has 0 saturated heterocycles. The van der Waals surface area contributed by atoms with Crippen molar-refractivity contribution in [3.63, 3.8) is 0 Å². The lowest BCUT2D eigenvalue weighted by Crippen LogP contribution is -2.26. The minimum absolute atomic E-state index is 0.231. The van der Waals surface area contributed by atoms with E-state index < -0.39 is 0 Å². The number of carbonyl (C=O) groups excluding carboxylic acids is 1. The predicted molar refractivity (Wildman–Crippen MR) is 101 cm³/mol. The molecule has 0 fully saturated rings. The van der Waals surface area contributed by atoms with Gasteiger partial charge in [0, 0.05) is 18.9 Å². The van der Waals surface area contributed by atoms with Crippen LogP contribution in [0.4, 0.5) is 0 Å². The largest absolute Gasteiger partial charge is 0.350 e. The summed E-state index contributed by atoms with van der Waals surface area (Å²) >= 11 is 0. The number of amides is 1. The molecule has 0 aliphatic carbocycles. The summed E-state index contributed by atoms with van der Waals surface area (Å²) < 4.78 is 3.39. The minimum atomic E-state index is -0.231. The maximum absolute atomic E-state index is 12.3. The van der Waals surface area contributed by atoms with E-state index in [1.54, 1.807) is 17.1 Å². The van der Waals surface area contributed by atoms with Crippen LogP contribution in [0.3, 0.4) is 0 Å². The van der Waals surface area contributed by atoms with Crippen LogP contribution < -0.4 is 5.32 Å². The summed E-state index contributed by atoms with van der Waals surface area (Å²) in [6.45, 7) is 0.526. The third kappa shape index (κ3) is 3.92. The number of hydrogen-bond donors (Lipinski definition) is 1. The average molecular weight is 358 g/mol. The number of rotatable bonds is 6. The molecule has 7 heteroatoms. The Balaban J connectivity index is 1.31. The van der Waals surface area contributed by atoms with Crippen molar-refractivity contribution in [1.82, 2.24) is 30.1 Å². The van der Waals surface area contributed by atoms with Crippen LogP contribution in [0.1, 0.15) is 16.1 Å². The zero-order valence-corrected chi connectivity index (χ0v) is 14.6. The molecule has 0 unspecified atom stereocenters. The van der Waals surface area contributed by atoms with Crippen molar-refractivity contribution in [3.8, 4) is 11.4 Å². The number of aromatic nitrogens is 5. The molecule has 27 heavy (non-hydrogen) atoms. The monoisotopic (exact) mass is 358 g/mol. The number of nitrogens with zero attached hydrogens (tertiary/aromatic N) is 5. The first-order valence-corrected chi connectivity index (χ1v) is 8.64. The molecule has 1 N–H and O–H groups in total. The van der Waals surface area contributed by atoms with Crippen LogP contribution in [0.25, 0.3) is 11.4 Å². The highest BCUT2D eigenvalue weighted by atomic mass is 16.2. The highest BCUT2D eigenvalue weighted by Crippen LogP contribution is 2.09. The van der Waals surface area contributed by atoms with Crippen molar-refractivity contribution < 1.29 is 4.79 Å². The number of carbonyl (C=O) groups is 1. The highest BCUT2D eigenvalue weighted by Gasteiger charge is 2.11. The zero-order chi connectivity index (χ0) is 18.5. The van der Waals surface area contributed by atoms with Gasteiger partial charge in [0.25, 0.3) is 5.91 Å². The number of nitrogens with one attached hydrogen (secondary N) is 1. The van der Waals surface area contributed by atoms with Crippen LogP contribution in [0.2, 0.25) is 0 Å². The normalized spacial score (nSPS) is 10.7. The quantitative estimate of drug-likeness (QED) is 0.574. The van der Waals surface area contributed by atoms with E-state index in [0.717, 1.165) is 23.4 Å². The summed E-state index contributed by atoms with van der Waals surface area (Å²) in [6.07, 6.45) is 6.01. The summed E-state index contributed by atoms with van der Waals surface area (Å²) in [7, 11) is 0. The molecular weight excluding hydrogens is 340 g/mol. The standard InChI is InChI=1S/C20H18N6O/c27-20(19-15-26(24-23-19)17-5-2-1-3-6-17)21-13-11-16-7-9-18(10-8-16)25-14-4-12-22-25/h1-10,12,14-15H,11,13H2,(H,21,27). The summed E-state index contributed by atoms with van der Waals surface area (Å²) in [5, 5.41) is 15.0. The first-order valence-electron chi connectivity index (χ1n) is 8.64. The van der Waals surface area contributed by atoms with Crippen molar-refractivity contribution >= 4 is 5.91 Å². The molecule has 0 bridgehead atoms. The Hall–Kier alpha value is -3.74. The van der Waals surface area contributed by atoms with E-state index in [2.05, 4.69) is 20.7 Å². The molecule has 0 aliphatic heterocycles. The van der Waals surface area contributed by atoms with Crippen LogP contribution in [0.15, 0.2) is 79.3 Å². The van der Waals surface area contributed by atoms with Gasteiger partial charge < -0.3 is 5.32 Å². The van der Waals surface area contributed by atoms with E-state index in [1.165, 1.54) is 0 Å². The maximum Gasteiger partial charge on any atom is 0.273 e. The third-order valence-electron chi connectivity index (χ3n) is 4.15. The molecule has 2 aromatic carbocycles. The third-order valence-corrected chi connectivity index (χ3v) is 4.15. The molecule has 4 aromatic rings. The van der Waals surface area contributed by atoms with E-state index in [1.807, 2.05) is 71.5 Å². The Labute approximate surface area is 156 Å². The van der Waals surface area contributed by atoms with E-state index in [0.29, 0.717) is 12.2 Å². The van der Waals surface area contributed by atoms with Gasteiger partial charge in [-0.25, -0.2) is 9.36 Å². The highest BCUT2D eigenvalue weighted by molar-refractivity contribution is 5.91. The Morgan fingerprint density at radius 3 is 2.44 bits per heavy atom. The first kappa shape index (κ1) is 16.7. The molecule has 7 nitrogen and oxygen atoms in total. The van der Waals surface area contributed by atoms with Gasteiger partial charge in [0.15, 0.2) is 5.69 Å². The summed E-state index contributed by atoms with van der Waals surface area (Å²) in [6, 6.07) is 19.5. The van der Waals surface area contributed by atoms with Crippen molar-refractivity contribution in [1.29, 1.82) is 0 Å². The van der Waals surface area contributed by atoms with Gasteiger partial charge in [-0.3, -0.25) is 4.79 Å². The zero-order valence-electron chi connectivity index (χ0n) is 14.6. The smallest absolute Gasteiger partial charge is 0.273 e. The molecule has 0 spiro atoms. The minimum Gasteiger partial charge on any atom is -0.350 e. The second-order valence-electron chi connectivity index (χ2n) is 6.01. The van der Waals surface area contributed by atoms with E-state index in [9.17, 15) is 4.79 Å². The summed E-state index contributed by atoms with van der Waals surface area (Å²) in [5.41, 5.74) is 3.30. The molecule has 134 valence electrons. The number of benzene rings is 2. The van der Waals surface area contributed by atoms with Gasteiger partial charge in [-0.05, 0) is 42.3 Å². The Kier molecular flexibility index (Phi) is 4.74. The van der Waals surface area contributed by atoms with Crippen molar-refractivity contribution in [2.75, 3.05) is 6.54 Å². The van der Waals surface area contributed by atoms with Crippen molar-refractivity contribution in [2.24, 2.45) is 0 Å². The molecule has 0 saturated carbocycles. The van der Waals surface area contributed by atoms with Gasteiger partial charge in [-0.1, -0.05) is 35.5 Å². The van der Waals surface area contributed by atoms with Gasteiger partial charge in [0.2, 0.25) is 0 Å². The fourth-order valence-corrected chi connectivity index (χ4v) is 2.72. The van der Waals surface area contributed by atoms with Gasteiger partial charge in [-0.15, -0.1) is 5.10 Å². The number of hydrogen-bond acceptors (Lipinski definition) is 4. The fraction of sp³-hybridized carbons (Fsp3) is 0.100. The lowest BCUT2D eigenvalue weighted by Gasteiger charge is -2.05. The SMILES string of the molecule is O=C(NCCc1ccc(-n2cccn2)cc1)c1cn(-c2ccccc2)nn1.